The first kappa shape index (κ1) is 11.0. The lowest BCUT2D eigenvalue weighted by Gasteiger charge is -2.05. The number of halogens is 1. The number of para-hydroxylation sites is 1. The Bertz CT molecular complexity index is 725. The van der Waals surface area contributed by atoms with Gasteiger partial charge >= 0.3 is 0 Å². The predicted octanol–water partition coefficient (Wildman–Crippen LogP) is 3.53. The second-order valence-electron chi connectivity index (χ2n) is 3.99. The Morgan fingerprint density at radius 1 is 1.06 bits per heavy atom. The van der Waals surface area contributed by atoms with Crippen LogP contribution in [0.1, 0.15) is 0 Å². The van der Waals surface area contributed by atoms with Crippen LogP contribution in [0.5, 0.6) is 0 Å². The van der Waals surface area contributed by atoms with Crippen LogP contribution < -0.4 is 5.73 Å². The van der Waals surface area contributed by atoms with Crippen LogP contribution in [-0.2, 0) is 0 Å². The monoisotopic (exact) mass is 255 g/mol. The highest BCUT2D eigenvalue weighted by atomic mass is 35.5. The number of fused-ring (bicyclic) bond motifs is 1. The number of nitrogens with two attached hydrogens (primary N) is 1. The molecule has 2 N–H and O–H groups in total. The quantitative estimate of drug-likeness (QED) is 0.677. The summed E-state index contributed by atoms with van der Waals surface area (Å²) in [5.74, 6) is 0.589. The van der Waals surface area contributed by atoms with Gasteiger partial charge in [0, 0.05) is 22.8 Å². The van der Waals surface area contributed by atoms with Crippen molar-refractivity contribution in [3.63, 3.8) is 0 Å². The van der Waals surface area contributed by atoms with Gasteiger partial charge in [-0.2, -0.15) is 0 Å². The molecule has 3 nitrogen and oxygen atoms in total. The van der Waals surface area contributed by atoms with Crippen molar-refractivity contribution in [2.45, 2.75) is 0 Å². The van der Waals surface area contributed by atoms with Crippen molar-refractivity contribution in [3.05, 3.63) is 53.7 Å². The van der Waals surface area contributed by atoms with Crippen LogP contribution in [-0.4, -0.2) is 9.97 Å². The van der Waals surface area contributed by atoms with E-state index >= 15 is 0 Å². The molecular weight excluding hydrogens is 246 g/mol. The zero-order valence-corrected chi connectivity index (χ0v) is 10.2. The summed E-state index contributed by atoms with van der Waals surface area (Å²) in [6.45, 7) is 0. The Balaban J connectivity index is 2.22. The Kier molecular flexibility index (Phi) is 2.61. The SMILES string of the molecule is Nc1ccc(Cl)c(-c2ncc3ccccc3n2)c1. The van der Waals surface area contributed by atoms with E-state index in [0.717, 1.165) is 16.5 Å². The molecule has 0 fully saturated rings. The van der Waals surface area contributed by atoms with Gasteiger partial charge in [0.25, 0.3) is 0 Å². The van der Waals surface area contributed by atoms with Crippen LogP contribution in [0, 0.1) is 0 Å². The fourth-order valence-corrected chi connectivity index (χ4v) is 2.02. The number of rotatable bonds is 1. The summed E-state index contributed by atoms with van der Waals surface area (Å²) in [6.07, 6.45) is 1.79. The van der Waals surface area contributed by atoms with Gasteiger partial charge in [-0.1, -0.05) is 29.8 Å². The molecule has 88 valence electrons. The summed E-state index contributed by atoms with van der Waals surface area (Å²) in [5, 5.41) is 1.60. The summed E-state index contributed by atoms with van der Waals surface area (Å²) in [7, 11) is 0. The largest absolute Gasteiger partial charge is 0.399 e. The third kappa shape index (κ3) is 1.89. The summed E-state index contributed by atoms with van der Waals surface area (Å²) >= 11 is 6.15. The van der Waals surface area contributed by atoms with E-state index in [0.29, 0.717) is 16.5 Å². The maximum Gasteiger partial charge on any atom is 0.161 e. The molecule has 1 aromatic heterocycles. The number of benzene rings is 2. The average molecular weight is 256 g/mol. The van der Waals surface area contributed by atoms with Gasteiger partial charge < -0.3 is 5.73 Å². The minimum Gasteiger partial charge on any atom is -0.399 e. The zero-order valence-electron chi connectivity index (χ0n) is 9.47. The molecule has 0 bridgehead atoms. The molecule has 0 aliphatic rings. The number of hydrogen-bond donors (Lipinski definition) is 1. The molecule has 0 saturated carbocycles. The van der Waals surface area contributed by atoms with Gasteiger partial charge in [0.05, 0.1) is 10.5 Å². The average Bonchev–Trinajstić information content (AvgIpc) is 2.41. The number of nitrogens with zero attached hydrogens (tertiary/aromatic N) is 2. The lowest BCUT2D eigenvalue weighted by atomic mass is 10.1. The molecular formula is C14H10ClN3. The van der Waals surface area contributed by atoms with Crippen molar-refractivity contribution in [2.75, 3.05) is 5.73 Å². The van der Waals surface area contributed by atoms with E-state index in [1.807, 2.05) is 24.3 Å². The van der Waals surface area contributed by atoms with Gasteiger partial charge in [0.1, 0.15) is 0 Å². The van der Waals surface area contributed by atoms with Crippen molar-refractivity contribution in [3.8, 4) is 11.4 Å². The summed E-state index contributed by atoms with van der Waals surface area (Å²) in [5.41, 5.74) is 8.05. The fraction of sp³-hybridized carbons (Fsp3) is 0. The van der Waals surface area contributed by atoms with Crippen LogP contribution in [0.15, 0.2) is 48.7 Å². The lowest BCUT2D eigenvalue weighted by Crippen LogP contribution is -1.92. The van der Waals surface area contributed by atoms with Gasteiger partial charge in [0.2, 0.25) is 0 Å². The zero-order chi connectivity index (χ0) is 12.5. The van der Waals surface area contributed by atoms with Gasteiger partial charge in [-0.3, -0.25) is 0 Å². The summed E-state index contributed by atoms with van der Waals surface area (Å²) < 4.78 is 0. The molecule has 0 aliphatic heterocycles. The first-order valence-corrected chi connectivity index (χ1v) is 5.89. The second kappa shape index (κ2) is 4.27. The van der Waals surface area contributed by atoms with E-state index < -0.39 is 0 Å². The van der Waals surface area contributed by atoms with Crippen molar-refractivity contribution in [1.29, 1.82) is 0 Å². The van der Waals surface area contributed by atoms with Gasteiger partial charge in [-0.05, 0) is 24.3 Å². The minimum atomic E-state index is 0.589. The van der Waals surface area contributed by atoms with Gasteiger partial charge in [-0.25, -0.2) is 9.97 Å². The molecule has 3 aromatic rings. The summed E-state index contributed by atoms with van der Waals surface area (Å²) in [4.78, 5) is 8.82. The summed E-state index contributed by atoms with van der Waals surface area (Å²) in [6, 6.07) is 13.1. The highest BCUT2D eigenvalue weighted by Gasteiger charge is 2.07. The maximum absolute atomic E-state index is 6.15. The molecule has 2 aromatic carbocycles. The first-order valence-electron chi connectivity index (χ1n) is 5.51. The minimum absolute atomic E-state index is 0.589. The number of nitrogen functional groups attached to an aromatic ring is 1. The molecule has 18 heavy (non-hydrogen) atoms. The van der Waals surface area contributed by atoms with E-state index in [-0.39, 0.29) is 0 Å². The Labute approximate surface area is 109 Å². The number of anilines is 1. The van der Waals surface area contributed by atoms with E-state index in [1.54, 1.807) is 24.4 Å². The fourth-order valence-electron chi connectivity index (χ4n) is 1.82. The molecule has 0 unspecified atom stereocenters. The third-order valence-electron chi connectivity index (χ3n) is 2.72. The molecule has 0 aliphatic carbocycles. The molecule has 4 heteroatoms. The number of aromatic nitrogens is 2. The van der Waals surface area contributed by atoms with E-state index in [2.05, 4.69) is 9.97 Å². The Morgan fingerprint density at radius 2 is 1.89 bits per heavy atom. The van der Waals surface area contributed by atoms with Gasteiger partial charge in [0.15, 0.2) is 5.82 Å². The highest BCUT2D eigenvalue weighted by molar-refractivity contribution is 6.33. The molecule has 3 rings (SSSR count). The van der Waals surface area contributed by atoms with Crippen molar-refractivity contribution in [2.24, 2.45) is 0 Å². The number of hydrogen-bond acceptors (Lipinski definition) is 3. The van der Waals surface area contributed by atoms with E-state index in [4.69, 9.17) is 17.3 Å². The smallest absolute Gasteiger partial charge is 0.161 e. The molecule has 0 amide bonds. The van der Waals surface area contributed by atoms with Crippen LogP contribution in [0.2, 0.25) is 5.02 Å². The second-order valence-corrected chi connectivity index (χ2v) is 4.40. The predicted molar refractivity (Wildman–Crippen MR) is 74.4 cm³/mol. The van der Waals surface area contributed by atoms with Crippen LogP contribution in [0.4, 0.5) is 5.69 Å². The van der Waals surface area contributed by atoms with Gasteiger partial charge in [-0.15, -0.1) is 0 Å². The standard InChI is InChI=1S/C14H10ClN3/c15-12-6-5-10(16)7-11(12)14-17-8-9-3-1-2-4-13(9)18-14/h1-8H,16H2. The van der Waals surface area contributed by atoms with E-state index in [9.17, 15) is 0 Å². The molecule has 0 radical (unpaired) electrons. The Hall–Kier alpha value is -2.13. The topological polar surface area (TPSA) is 51.8 Å². The normalized spacial score (nSPS) is 10.7. The van der Waals surface area contributed by atoms with Crippen molar-refractivity contribution < 1.29 is 0 Å². The Morgan fingerprint density at radius 3 is 2.78 bits per heavy atom. The van der Waals surface area contributed by atoms with Crippen molar-refractivity contribution in [1.82, 2.24) is 9.97 Å². The molecule has 1 heterocycles. The van der Waals surface area contributed by atoms with Crippen LogP contribution in [0.3, 0.4) is 0 Å². The first-order chi connectivity index (χ1) is 8.74. The molecule has 0 spiro atoms. The third-order valence-corrected chi connectivity index (χ3v) is 3.05. The molecule has 0 saturated heterocycles. The highest BCUT2D eigenvalue weighted by Crippen LogP contribution is 2.28. The van der Waals surface area contributed by atoms with Crippen molar-refractivity contribution >= 4 is 28.2 Å². The molecule has 0 atom stereocenters. The van der Waals surface area contributed by atoms with Crippen LogP contribution >= 0.6 is 11.6 Å². The van der Waals surface area contributed by atoms with E-state index in [1.165, 1.54) is 0 Å². The van der Waals surface area contributed by atoms with Crippen LogP contribution in [0.25, 0.3) is 22.3 Å². The lowest BCUT2D eigenvalue weighted by molar-refractivity contribution is 1.23. The maximum atomic E-state index is 6.15.